The fraction of sp³-hybridized carbons (Fsp3) is 0.588. The third-order valence-corrected chi connectivity index (χ3v) is 4.30. The van der Waals surface area contributed by atoms with Crippen molar-refractivity contribution in [1.29, 1.82) is 5.26 Å². The first kappa shape index (κ1) is 19.6. The number of nitrogens with zero attached hydrogens (tertiary/aromatic N) is 3. The smallest absolute Gasteiger partial charge is 0.251 e. The SMILES string of the molecule is CCN1CCCC(C(=O)NCc2nc(CNC(=O)CC#N)cc(=O)[nH]2)C1. The van der Waals surface area contributed by atoms with E-state index in [0.29, 0.717) is 11.5 Å². The predicted molar refractivity (Wildman–Crippen MR) is 93.6 cm³/mol. The second-order valence-corrected chi connectivity index (χ2v) is 6.25. The average molecular weight is 360 g/mol. The number of piperidine rings is 1. The van der Waals surface area contributed by atoms with Crippen LogP contribution >= 0.6 is 0 Å². The van der Waals surface area contributed by atoms with E-state index < -0.39 is 5.91 Å². The summed E-state index contributed by atoms with van der Waals surface area (Å²) >= 11 is 0. The fourth-order valence-corrected chi connectivity index (χ4v) is 2.93. The molecule has 140 valence electrons. The molecule has 1 saturated heterocycles. The number of hydrogen-bond acceptors (Lipinski definition) is 6. The third-order valence-electron chi connectivity index (χ3n) is 4.30. The Morgan fingerprint density at radius 3 is 2.96 bits per heavy atom. The van der Waals surface area contributed by atoms with Gasteiger partial charge in [0.1, 0.15) is 12.2 Å². The van der Waals surface area contributed by atoms with Crippen molar-refractivity contribution in [3.8, 4) is 6.07 Å². The number of hydrogen-bond donors (Lipinski definition) is 3. The molecule has 0 saturated carbocycles. The summed E-state index contributed by atoms with van der Waals surface area (Å²) in [5, 5.41) is 13.8. The van der Waals surface area contributed by atoms with Gasteiger partial charge in [-0.3, -0.25) is 14.4 Å². The van der Waals surface area contributed by atoms with E-state index in [2.05, 4.69) is 32.4 Å². The molecule has 2 heterocycles. The van der Waals surface area contributed by atoms with Crippen LogP contribution < -0.4 is 16.2 Å². The van der Waals surface area contributed by atoms with Gasteiger partial charge in [-0.05, 0) is 25.9 Å². The van der Waals surface area contributed by atoms with Crippen molar-refractivity contribution >= 4 is 11.8 Å². The Hall–Kier alpha value is -2.73. The molecule has 1 aromatic rings. The van der Waals surface area contributed by atoms with Crippen LogP contribution in [-0.2, 0) is 22.7 Å². The number of aromatic nitrogens is 2. The molecule has 1 aliphatic heterocycles. The maximum absolute atomic E-state index is 12.3. The number of carbonyl (C=O) groups excluding carboxylic acids is 2. The maximum atomic E-state index is 12.3. The van der Waals surface area contributed by atoms with Crippen molar-refractivity contribution in [3.05, 3.63) is 27.9 Å². The number of nitrogens with one attached hydrogen (secondary N) is 3. The standard InChI is InChI=1S/C17H24N6O3/c1-2-23-7-3-4-12(11-23)17(26)20-10-14-21-13(8-16(25)22-14)9-19-15(24)5-6-18/h8,12H,2-5,7,9-11H2,1H3,(H,19,24)(H,20,26)(H,21,22,25). The van der Waals surface area contributed by atoms with Crippen LogP contribution in [0.25, 0.3) is 0 Å². The third kappa shape index (κ3) is 5.97. The van der Waals surface area contributed by atoms with E-state index >= 15 is 0 Å². The molecule has 1 aromatic heterocycles. The van der Waals surface area contributed by atoms with Gasteiger partial charge < -0.3 is 20.5 Å². The Morgan fingerprint density at radius 2 is 2.23 bits per heavy atom. The highest BCUT2D eigenvalue weighted by molar-refractivity contribution is 5.79. The predicted octanol–water partition coefficient (Wildman–Crippen LogP) is -0.352. The van der Waals surface area contributed by atoms with Crippen LogP contribution in [0.1, 0.15) is 37.7 Å². The fourth-order valence-electron chi connectivity index (χ4n) is 2.93. The number of likely N-dealkylation sites (tertiary alicyclic amines) is 1. The van der Waals surface area contributed by atoms with Crippen LogP contribution in [-0.4, -0.2) is 46.3 Å². The zero-order chi connectivity index (χ0) is 18.9. The van der Waals surface area contributed by atoms with E-state index in [-0.39, 0.29) is 36.9 Å². The lowest BCUT2D eigenvalue weighted by Crippen LogP contribution is -2.42. The molecule has 1 unspecified atom stereocenters. The molecule has 3 N–H and O–H groups in total. The molecule has 2 amide bonds. The zero-order valence-corrected chi connectivity index (χ0v) is 14.9. The highest BCUT2D eigenvalue weighted by Crippen LogP contribution is 2.16. The molecule has 9 nitrogen and oxygen atoms in total. The van der Waals surface area contributed by atoms with Gasteiger partial charge in [0.15, 0.2) is 0 Å². The van der Waals surface area contributed by atoms with Crippen molar-refractivity contribution in [2.24, 2.45) is 5.92 Å². The first-order valence-electron chi connectivity index (χ1n) is 8.74. The molecule has 9 heteroatoms. The van der Waals surface area contributed by atoms with Crippen molar-refractivity contribution in [3.63, 3.8) is 0 Å². The van der Waals surface area contributed by atoms with Crippen molar-refractivity contribution < 1.29 is 9.59 Å². The molecular weight excluding hydrogens is 336 g/mol. The van der Waals surface area contributed by atoms with Gasteiger partial charge in [0.25, 0.3) is 5.56 Å². The molecule has 0 bridgehead atoms. The lowest BCUT2D eigenvalue weighted by Gasteiger charge is -2.30. The van der Waals surface area contributed by atoms with Gasteiger partial charge in [-0.15, -0.1) is 0 Å². The summed E-state index contributed by atoms with van der Waals surface area (Å²) in [5.41, 5.74) is 0.0164. The topological polar surface area (TPSA) is 131 Å². The molecule has 1 aliphatic rings. The van der Waals surface area contributed by atoms with Crippen LogP contribution in [0, 0.1) is 17.2 Å². The minimum Gasteiger partial charge on any atom is -0.350 e. The summed E-state index contributed by atoms with van der Waals surface area (Å²) < 4.78 is 0. The Bertz CT molecular complexity index is 739. The average Bonchev–Trinajstić information content (AvgIpc) is 2.64. The molecule has 0 aliphatic carbocycles. The van der Waals surface area contributed by atoms with Crippen LogP contribution in [0.4, 0.5) is 0 Å². The second kappa shape index (κ2) is 9.68. The number of nitriles is 1. The molecule has 26 heavy (non-hydrogen) atoms. The van der Waals surface area contributed by atoms with Crippen molar-refractivity contribution in [2.75, 3.05) is 19.6 Å². The molecule has 0 spiro atoms. The van der Waals surface area contributed by atoms with Gasteiger partial charge in [-0.25, -0.2) is 4.98 Å². The molecule has 1 fully saturated rings. The Kier molecular flexibility index (Phi) is 7.29. The zero-order valence-electron chi connectivity index (χ0n) is 14.9. The summed E-state index contributed by atoms with van der Waals surface area (Å²) in [7, 11) is 0. The number of rotatable bonds is 7. The van der Waals surface area contributed by atoms with Gasteiger partial charge in [0.05, 0.1) is 30.8 Å². The van der Waals surface area contributed by atoms with Gasteiger partial charge in [0, 0.05) is 12.6 Å². The summed E-state index contributed by atoms with van der Waals surface area (Å²) in [4.78, 5) is 44.5. The molecule has 2 rings (SSSR count). The largest absolute Gasteiger partial charge is 0.350 e. The highest BCUT2D eigenvalue weighted by Gasteiger charge is 2.24. The summed E-state index contributed by atoms with van der Waals surface area (Å²) in [6.45, 7) is 4.95. The molecular formula is C17H24N6O3. The Morgan fingerprint density at radius 1 is 1.42 bits per heavy atom. The van der Waals surface area contributed by atoms with Gasteiger partial charge in [-0.1, -0.05) is 6.92 Å². The van der Waals surface area contributed by atoms with E-state index in [1.165, 1.54) is 6.07 Å². The first-order valence-corrected chi connectivity index (χ1v) is 8.74. The number of amides is 2. The van der Waals surface area contributed by atoms with Crippen molar-refractivity contribution in [2.45, 2.75) is 39.3 Å². The first-order chi connectivity index (χ1) is 12.5. The molecule has 1 atom stereocenters. The van der Waals surface area contributed by atoms with E-state index in [1.54, 1.807) is 6.07 Å². The lowest BCUT2D eigenvalue weighted by molar-refractivity contribution is -0.126. The van der Waals surface area contributed by atoms with Crippen LogP contribution in [0.5, 0.6) is 0 Å². The molecule has 0 radical (unpaired) electrons. The Labute approximate surface area is 151 Å². The minimum absolute atomic E-state index is 0.0430. The van der Waals surface area contributed by atoms with Gasteiger partial charge in [-0.2, -0.15) is 5.26 Å². The van der Waals surface area contributed by atoms with E-state index in [4.69, 9.17) is 5.26 Å². The minimum atomic E-state index is -0.429. The maximum Gasteiger partial charge on any atom is 0.251 e. The van der Waals surface area contributed by atoms with Crippen LogP contribution in [0.3, 0.4) is 0 Å². The highest BCUT2D eigenvalue weighted by atomic mass is 16.2. The Balaban J connectivity index is 1.90. The van der Waals surface area contributed by atoms with Crippen LogP contribution in [0.15, 0.2) is 10.9 Å². The van der Waals surface area contributed by atoms with Crippen molar-refractivity contribution in [1.82, 2.24) is 25.5 Å². The van der Waals surface area contributed by atoms with Crippen LogP contribution in [0.2, 0.25) is 0 Å². The van der Waals surface area contributed by atoms with E-state index in [1.807, 2.05) is 0 Å². The van der Waals surface area contributed by atoms with E-state index in [9.17, 15) is 14.4 Å². The summed E-state index contributed by atoms with van der Waals surface area (Å²) in [5.74, 6) is -0.192. The summed E-state index contributed by atoms with van der Waals surface area (Å²) in [6, 6.07) is 3.02. The van der Waals surface area contributed by atoms with Gasteiger partial charge >= 0.3 is 0 Å². The second-order valence-electron chi connectivity index (χ2n) is 6.25. The quantitative estimate of drug-likeness (QED) is 0.609. The molecule has 0 aromatic carbocycles. The number of carbonyl (C=O) groups is 2. The van der Waals surface area contributed by atoms with Gasteiger partial charge in [0.2, 0.25) is 11.8 Å². The monoisotopic (exact) mass is 360 g/mol. The number of aromatic amines is 1. The number of H-pyrrole nitrogens is 1. The lowest BCUT2D eigenvalue weighted by atomic mass is 9.97. The normalized spacial score (nSPS) is 17.3. The summed E-state index contributed by atoms with van der Waals surface area (Å²) in [6.07, 6.45) is 1.61. The van der Waals surface area contributed by atoms with E-state index in [0.717, 1.165) is 32.5 Å².